The molecule has 0 bridgehead atoms. The van der Waals surface area contributed by atoms with Crippen molar-refractivity contribution in [2.75, 3.05) is 0 Å². The Labute approximate surface area is 265 Å². The lowest BCUT2D eigenvalue weighted by molar-refractivity contribution is 0.567. The number of rotatable bonds is 0. The van der Waals surface area contributed by atoms with Crippen molar-refractivity contribution in [2.45, 2.75) is 162 Å². The molecule has 0 atom stereocenters. The van der Waals surface area contributed by atoms with Crippen LogP contribution in [0.4, 0.5) is 0 Å². The number of nitrogens with zero attached hydrogens (tertiary/aromatic N) is 4. The zero-order valence-electron chi connectivity index (χ0n) is 32.1. The molecule has 0 aliphatic carbocycles. The fourth-order valence-electron chi connectivity index (χ4n) is 2.35. The van der Waals surface area contributed by atoms with Crippen molar-refractivity contribution in [1.82, 2.24) is 19.9 Å². The Morgan fingerprint density at radius 3 is 1.07 bits per heavy atom. The number of aromatic nitrogens is 4. The number of hydrogen-bond acceptors (Lipinski definition) is 4. The lowest BCUT2D eigenvalue weighted by Gasteiger charge is -2.17. The van der Waals surface area contributed by atoms with Crippen LogP contribution in [-0.2, 0) is 16.2 Å². The lowest BCUT2D eigenvalue weighted by Crippen LogP contribution is -2.12. The van der Waals surface area contributed by atoms with Crippen LogP contribution < -0.4 is 0 Å². The monoisotopic (exact) mass is 587 g/mol. The van der Waals surface area contributed by atoms with Gasteiger partial charge in [-0.2, -0.15) is 0 Å². The zero-order valence-corrected chi connectivity index (χ0v) is 32.1. The molecule has 0 saturated carbocycles. The minimum absolute atomic E-state index is 0.142. The van der Waals surface area contributed by atoms with Crippen LogP contribution >= 0.6 is 0 Å². The van der Waals surface area contributed by atoms with Crippen LogP contribution in [0.1, 0.15) is 162 Å². The SMILES string of the molecule is CC.CC.CC.CC.CC.CC.CC(C)(C)c1ccccn1.CC(C)(C)c1cccnc1.CC(C)(C)c1ccncn1. The summed E-state index contributed by atoms with van der Waals surface area (Å²) in [5.41, 5.74) is 4.07. The second kappa shape index (κ2) is 34.6. The molecule has 0 spiro atoms. The normalized spacial score (nSPS) is 9.07. The van der Waals surface area contributed by atoms with E-state index in [0.29, 0.717) is 0 Å². The minimum atomic E-state index is 0.142. The Morgan fingerprint density at radius 1 is 0.405 bits per heavy atom. The Kier molecular flexibility index (Phi) is 42.9. The van der Waals surface area contributed by atoms with Gasteiger partial charge in [-0.15, -0.1) is 0 Å². The van der Waals surface area contributed by atoms with Crippen LogP contribution in [0.2, 0.25) is 0 Å². The molecule has 0 amide bonds. The molecule has 0 aliphatic heterocycles. The van der Waals surface area contributed by atoms with Crippen molar-refractivity contribution in [3.63, 3.8) is 0 Å². The van der Waals surface area contributed by atoms with E-state index in [1.54, 1.807) is 18.7 Å². The van der Waals surface area contributed by atoms with Gasteiger partial charge < -0.3 is 0 Å². The molecule has 0 radical (unpaired) electrons. The molecule has 246 valence electrons. The van der Waals surface area contributed by atoms with Gasteiger partial charge in [-0.25, -0.2) is 9.97 Å². The van der Waals surface area contributed by atoms with Crippen molar-refractivity contribution < 1.29 is 0 Å². The van der Waals surface area contributed by atoms with Gasteiger partial charge in [-0.3, -0.25) is 9.97 Å². The van der Waals surface area contributed by atoms with Crippen LogP contribution in [-0.4, -0.2) is 19.9 Å². The fraction of sp³-hybridized carbons (Fsp3) is 0.632. The summed E-state index contributed by atoms with van der Waals surface area (Å²) in [6.07, 6.45) is 8.91. The highest BCUT2D eigenvalue weighted by Gasteiger charge is 2.14. The summed E-state index contributed by atoms with van der Waals surface area (Å²) in [5, 5.41) is 0. The third kappa shape index (κ3) is 31.9. The van der Waals surface area contributed by atoms with E-state index in [0.717, 1.165) is 11.4 Å². The Balaban J connectivity index is -0.0000000979. The van der Waals surface area contributed by atoms with Gasteiger partial charge in [0, 0.05) is 47.0 Å². The maximum atomic E-state index is 4.25. The van der Waals surface area contributed by atoms with Gasteiger partial charge >= 0.3 is 0 Å². The van der Waals surface area contributed by atoms with Gasteiger partial charge in [0.2, 0.25) is 0 Å². The van der Waals surface area contributed by atoms with Gasteiger partial charge in [-0.1, -0.05) is 158 Å². The molecule has 4 nitrogen and oxygen atoms in total. The summed E-state index contributed by atoms with van der Waals surface area (Å²) < 4.78 is 0. The van der Waals surface area contributed by atoms with E-state index in [1.165, 1.54) is 5.56 Å². The van der Waals surface area contributed by atoms with Crippen LogP contribution in [0.15, 0.2) is 67.5 Å². The third-order valence-electron chi connectivity index (χ3n) is 4.31. The summed E-state index contributed by atoms with van der Waals surface area (Å²) in [6.45, 7) is 43.4. The summed E-state index contributed by atoms with van der Waals surface area (Å²) in [4.78, 5) is 16.3. The Bertz CT molecular complexity index is 710. The fourth-order valence-corrected chi connectivity index (χ4v) is 2.35. The molecule has 42 heavy (non-hydrogen) atoms. The molecular formula is C38H74N4. The molecule has 0 saturated heterocycles. The van der Waals surface area contributed by atoms with Crippen LogP contribution in [0.25, 0.3) is 0 Å². The average Bonchev–Trinajstić information content (AvgIpc) is 3.04. The van der Waals surface area contributed by atoms with E-state index >= 15 is 0 Å². The predicted molar refractivity (Wildman–Crippen MR) is 195 cm³/mol. The van der Waals surface area contributed by atoms with Crippen molar-refractivity contribution >= 4 is 0 Å². The maximum Gasteiger partial charge on any atom is 0.115 e. The molecule has 0 unspecified atom stereocenters. The van der Waals surface area contributed by atoms with Crippen LogP contribution in [0.3, 0.4) is 0 Å². The van der Waals surface area contributed by atoms with Crippen molar-refractivity contribution in [1.29, 1.82) is 0 Å². The number of hydrogen-bond donors (Lipinski definition) is 0. The predicted octanol–water partition coefficient (Wildman–Crippen LogP) is 12.7. The van der Waals surface area contributed by atoms with Crippen LogP contribution in [0, 0.1) is 0 Å². The van der Waals surface area contributed by atoms with E-state index in [4.69, 9.17) is 0 Å². The van der Waals surface area contributed by atoms with E-state index in [1.807, 2.05) is 120 Å². The molecule has 0 aliphatic rings. The molecule has 0 fully saturated rings. The van der Waals surface area contributed by atoms with Crippen LogP contribution in [0.5, 0.6) is 0 Å². The first-order valence-corrected chi connectivity index (χ1v) is 16.4. The summed E-state index contributed by atoms with van der Waals surface area (Å²) in [7, 11) is 0. The number of pyridine rings is 2. The quantitative estimate of drug-likeness (QED) is 0.263. The highest BCUT2D eigenvalue weighted by atomic mass is 14.8. The molecule has 0 aromatic carbocycles. The molecule has 3 heterocycles. The minimum Gasteiger partial charge on any atom is -0.264 e. The molecule has 0 N–H and O–H groups in total. The van der Waals surface area contributed by atoms with Crippen molar-refractivity contribution in [2.24, 2.45) is 0 Å². The zero-order chi connectivity index (χ0) is 34.8. The van der Waals surface area contributed by atoms with Gasteiger partial charge in [0.15, 0.2) is 0 Å². The Hall–Kier alpha value is -2.62. The first kappa shape index (κ1) is 52.1. The smallest absolute Gasteiger partial charge is 0.115 e. The Morgan fingerprint density at radius 2 is 0.857 bits per heavy atom. The average molecular weight is 587 g/mol. The highest BCUT2D eigenvalue weighted by molar-refractivity contribution is 5.17. The maximum absolute atomic E-state index is 4.25. The molecule has 3 aromatic rings. The first-order chi connectivity index (χ1) is 19.8. The molecule has 4 heteroatoms. The van der Waals surface area contributed by atoms with Gasteiger partial charge in [0.1, 0.15) is 6.33 Å². The standard InChI is InChI=1S/2C9H13N.C8H12N2.6C2H6/c1-9(2,3)8-5-4-6-10-7-8;1-9(2,3)8-6-4-5-7-10-8;1-8(2,3)7-4-5-9-6-10-7;6*1-2/h2*4-7H,1-3H3;4-6H,1-3H3;6*1-2H3. The summed E-state index contributed by atoms with van der Waals surface area (Å²) >= 11 is 0. The molecular weight excluding hydrogens is 512 g/mol. The largest absolute Gasteiger partial charge is 0.264 e. The topological polar surface area (TPSA) is 51.6 Å². The van der Waals surface area contributed by atoms with Crippen molar-refractivity contribution in [3.8, 4) is 0 Å². The van der Waals surface area contributed by atoms with Crippen molar-refractivity contribution in [3.05, 3.63) is 84.5 Å². The van der Waals surface area contributed by atoms with E-state index in [2.05, 4.69) is 94.4 Å². The molecule has 3 aromatic heterocycles. The van der Waals surface area contributed by atoms with E-state index in [-0.39, 0.29) is 16.2 Å². The lowest BCUT2D eigenvalue weighted by atomic mass is 9.88. The van der Waals surface area contributed by atoms with E-state index in [9.17, 15) is 0 Å². The second-order valence-corrected chi connectivity index (χ2v) is 10.3. The first-order valence-electron chi connectivity index (χ1n) is 16.4. The van der Waals surface area contributed by atoms with Gasteiger partial charge in [0.05, 0.1) is 0 Å². The van der Waals surface area contributed by atoms with Gasteiger partial charge in [-0.05, 0) is 35.2 Å². The summed E-state index contributed by atoms with van der Waals surface area (Å²) in [6, 6.07) is 12.0. The molecule has 3 rings (SSSR count). The highest BCUT2D eigenvalue weighted by Crippen LogP contribution is 2.20. The second-order valence-electron chi connectivity index (χ2n) is 10.3. The summed E-state index contributed by atoms with van der Waals surface area (Å²) in [5.74, 6) is 0. The van der Waals surface area contributed by atoms with E-state index < -0.39 is 0 Å². The third-order valence-corrected chi connectivity index (χ3v) is 4.31. The van der Waals surface area contributed by atoms with Gasteiger partial charge in [0.25, 0.3) is 0 Å².